The van der Waals surface area contributed by atoms with Crippen molar-refractivity contribution in [3.63, 3.8) is 0 Å². The number of guanidine groups is 1. The van der Waals surface area contributed by atoms with Crippen LogP contribution < -0.4 is 20.1 Å². The predicted octanol–water partition coefficient (Wildman–Crippen LogP) is 1.11. The fraction of sp³-hybridized carbons (Fsp3) is 0.529. The van der Waals surface area contributed by atoms with Crippen LogP contribution in [0, 0.1) is 0 Å². The lowest BCUT2D eigenvalue weighted by atomic mass is 10.3. The largest absolute Gasteiger partial charge is 0.497 e. The standard InChI is InChI=1S/C17H28N4O3/c1-5-18-17(20-13-16(22)21(2)3)19-11-6-12-24-15-9-7-14(23-4)8-10-15/h7-10H,5-6,11-13H2,1-4H3,(H2,18,19,20). The highest BCUT2D eigenvalue weighted by Crippen LogP contribution is 2.16. The van der Waals surface area contributed by atoms with E-state index in [1.54, 1.807) is 21.2 Å². The minimum Gasteiger partial charge on any atom is -0.497 e. The number of likely N-dealkylation sites (N-methyl/N-ethyl adjacent to an activating group) is 1. The highest BCUT2D eigenvalue weighted by Gasteiger charge is 2.03. The minimum atomic E-state index is -0.0324. The van der Waals surface area contributed by atoms with Gasteiger partial charge in [-0.3, -0.25) is 4.79 Å². The first-order valence-corrected chi connectivity index (χ1v) is 8.06. The highest BCUT2D eigenvalue weighted by molar-refractivity contribution is 5.84. The first-order chi connectivity index (χ1) is 11.6. The van der Waals surface area contributed by atoms with Gasteiger partial charge in [0.05, 0.1) is 13.7 Å². The monoisotopic (exact) mass is 336 g/mol. The van der Waals surface area contributed by atoms with E-state index in [1.807, 2.05) is 31.2 Å². The summed E-state index contributed by atoms with van der Waals surface area (Å²) in [5.74, 6) is 2.22. The minimum absolute atomic E-state index is 0.0324. The fourth-order valence-corrected chi connectivity index (χ4v) is 1.77. The molecular formula is C17H28N4O3. The van der Waals surface area contributed by atoms with Crippen molar-refractivity contribution >= 4 is 11.9 Å². The maximum absolute atomic E-state index is 11.6. The normalized spacial score (nSPS) is 10.9. The summed E-state index contributed by atoms with van der Waals surface area (Å²) in [5, 5.41) is 6.30. The molecule has 0 aliphatic heterocycles. The molecule has 7 nitrogen and oxygen atoms in total. The van der Waals surface area contributed by atoms with Gasteiger partial charge in [-0.05, 0) is 37.6 Å². The van der Waals surface area contributed by atoms with Crippen molar-refractivity contribution in [1.29, 1.82) is 0 Å². The molecule has 0 spiro atoms. The first-order valence-electron chi connectivity index (χ1n) is 8.06. The molecule has 1 aromatic rings. The number of hydrogen-bond acceptors (Lipinski definition) is 4. The number of methoxy groups -OCH3 is 1. The Morgan fingerprint density at radius 3 is 2.42 bits per heavy atom. The predicted molar refractivity (Wildman–Crippen MR) is 95.8 cm³/mol. The first kappa shape index (κ1) is 19.6. The number of nitrogens with one attached hydrogen (secondary N) is 2. The summed E-state index contributed by atoms with van der Waals surface area (Å²) >= 11 is 0. The average Bonchev–Trinajstić information content (AvgIpc) is 2.59. The quantitative estimate of drug-likeness (QED) is 0.401. The van der Waals surface area contributed by atoms with E-state index < -0.39 is 0 Å². The Balaban J connectivity index is 2.29. The van der Waals surface area contributed by atoms with Crippen molar-refractivity contribution in [3.05, 3.63) is 24.3 Å². The summed E-state index contributed by atoms with van der Waals surface area (Å²) in [5.41, 5.74) is 0. The van der Waals surface area contributed by atoms with Crippen LogP contribution in [0.3, 0.4) is 0 Å². The SMILES string of the molecule is CCNC(=NCC(=O)N(C)C)NCCCOc1ccc(OC)cc1. The molecule has 1 rings (SSSR count). The Kier molecular flexibility index (Phi) is 9.11. The van der Waals surface area contributed by atoms with E-state index in [1.165, 1.54) is 4.90 Å². The summed E-state index contributed by atoms with van der Waals surface area (Å²) in [7, 11) is 5.07. The summed E-state index contributed by atoms with van der Waals surface area (Å²) in [6, 6.07) is 7.49. The molecule has 0 unspecified atom stereocenters. The topological polar surface area (TPSA) is 75.2 Å². The molecular weight excluding hydrogens is 308 g/mol. The van der Waals surface area contributed by atoms with Crippen molar-refractivity contribution in [2.24, 2.45) is 4.99 Å². The molecule has 1 aromatic carbocycles. The molecule has 2 N–H and O–H groups in total. The number of aliphatic imine (C=N–C) groups is 1. The van der Waals surface area contributed by atoms with Crippen LogP contribution in [-0.4, -0.2) is 64.2 Å². The van der Waals surface area contributed by atoms with E-state index in [9.17, 15) is 4.79 Å². The van der Waals surface area contributed by atoms with Crippen molar-refractivity contribution in [2.45, 2.75) is 13.3 Å². The number of carbonyl (C=O) groups excluding carboxylic acids is 1. The molecule has 0 radical (unpaired) electrons. The van der Waals surface area contributed by atoms with Gasteiger partial charge in [-0.2, -0.15) is 0 Å². The molecule has 24 heavy (non-hydrogen) atoms. The smallest absolute Gasteiger partial charge is 0.243 e. The van der Waals surface area contributed by atoms with E-state index >= 15 is 0 Å². The maximum Gasteiger partial charge on any atom is 0.243 e. The molecule has 134 valence electrons. The van der Waals surface area contributed by atoms with Crippen molar-refractivity contribution < 1.29 is 14.3 Å². The summed E-state index contributed by atoms with van der Waals surface area (Å²) in [4.78, 5) is 17.3. The Morgan fingerprint density at radius 2 is 1.83 bits per heavy atom. The van der Waals surface area contributed by atoms with Gasteiger partial charge in [-0.15, -0.1) is 0 Å². The summed E-state index contributed by atoms with van der Waals surface area (Å²) in [6.07, 6.45) is 0.818. The molecule has 0 saturated carbocycles. The van der Waals surface area contributed by atoms with Crippen LogP contribution >= 0.6 is 0 Å². The highest BCUT2D eigenvalue weighted by atomic mass is 16.5. The number of amides is 1. The van der Waals surface area contributed by atoms with E-state index in [4.69, 9.17) is 9.47 Å². The summed E-state index contributed by atoms with van der Waals surface area (Å²) in [6.45, 7) is 4.15. The third-order valence-electron chi connectivity index (χ3n) is 3.16. The zero-order valence-electron chi connectivity index (χ0n) is 15.0. The second-order valence-corrected chi connectivity index (χ2v) is 5.29. The molecule has 7 heteroatoms. The van der Waals surface area contributed by atoms with Gasteiger partial charge in [-0.1, -0.05) is 0 Å². The number of ether oxygens (including phenoxy) is 2. The molecule has 1 amide bonds. The van der Waals surface area contributed by atoms with Gasteiger partial charge in [-0.25, -0.2) is 4.99 Å². The summed E-state index contributed by atoms with van der Waals surface area (Å²) < 4.78 is 10.8. The number of hydrogen-bond donors (Lipinski definition) is 2. The van der Waals surface area contributed by atoms with Gasteiger partial charge < -0.3 is 25.0 Å². The van der Waals surface area contributed by atoms with E-state index in [-0.39, 0.29) is 12.5 Å². The fourth-order valence-electron chi connectivity index (χ4n) is 1.77. The van der Waals surface area contributed by atoms with Gasteiger partial charge >= 0.3 is 0 Å². The Bertz CT molecular complexity index is 515. The third-order valence-corrected chi connectivity index (χ3v) is 3.16. The molecule has 0 saturated heterocycles. The van der Waals surface area contributed by atoms with Crippen LogP contribution in [0.2, 0.25) is 0 Å². The maximum atomic E-state index is 11.6. The van der Waals surface area contributed by atoms with Crippen LogP contribution in [0.25, 0.3) is 0 Å². The zero-order chi connectivity index (χ0) is 17.8. The molecule has 0 aromatic heterocycles. The van der Waals surface area contributed by atoms with Crippen molar-refractivity contribution in [3.8, 4) is 11.5 Å². The molecule has 0 atom stereocenters. The average molecular weight is 336 g/mol. The third kappa shape index (κ3) is 7.71. The Morgan fingerprint density at radius 1 is 1.17 bits per heavy atom. The molecule has 0 bridgehead atoms. The van der Waals surface area contributed by atoms with E-state index in [0.29, 0.717) is 19.1 Å². The number of rotatable bonds is 9. The second-order valence-electron chi connectivity index (χ2n) is 5.29. The number of benzene rings is 1. The Labute approximate surface area is 144 Å². The van der Waals surface area contributed by atoms with Gasteiger partial charge in [0.1, 0.15) is 18.0 Å². The van der Waals surface area contributed by atoms with E-state index in [2.05, 4.69) is 15.6 Å². The van der Waals surface area contributed by atoms with Crippen LogP contribution in [0.4, 0.5) is 0 Å². The van der Waals surface area contributed by atoms with Gasteiger partial charge in [0.2, 0.25) is 5.91 Å². The van der Waals surface area contributed by atoms with Gasteiger partial charge in [0.25, 0.3) is 0 Å². The zero-order valence-corrected chi connectivity index (χ0v) is 15.0. The number of carbonyl (C=O) groups is 1. The molecule has 0 aliphatic carbocycles. The van der Waals surface area contributed by atoms with Crippen molar-refractivity contribution in [1.82, 2.24) is 15.5 Å². The molecule has 0 aliphatic rings. The van der Waals surface area contributed by atoms with Crippen LogP contribution in [0.15, 0.2) is 29.3 Å². The lowest BCUT2D eigenvalue weighted by Gasteiger charge is -2.13. The van der Waals surface area contributed by atoms with Gasteiger partial charge in [0.15, 0.2) is 5.96 Å². The van der Waals surface area contributed by atoms with Gasteiger partial charge in [0, 0.05) is 27.2 Å². The van der Waals surface area contributed by atoms with E-state index in [0.717, 1.165) is 24.5 Å². The lowest BCUT2D eigenvalue weighted by Crippen LogP contribution is -2.39. The van der Waals surface area contributed by atoms with Crippen LogP contribution in [0.1, 0.15) is 13.3 Å². The molecule has 0 heterocycles. The molecule has 0 fully saturated rings. The lowest BCUT2D eigenvalue weighted by molar-refractivity contribution is -0.127. The second kappa shape index (κ2) is 11.2. The number of nitrogens with zero attached hydrogens (tertiary/aromatic N) is 2. The van der Waals surface area contributed by atoms with Crippen LogP contribution in [-0.2, 0) is 4.79 Å². The Hall–Kier alpha value is -2.44. The van der Waals surface area contributed by atoms with Crippen molar-refractivity contribution in [2.75, 3.05) is 47.4 Å². The van der Waals surface area contributed by atoms with Crippen LogP contribution in [0.5, 0.6) is 11.5 Å².